The Bertz CT molecular complexity index is 190. The third kappa shape index (κ3) is 5.71. The predicted molar refractivity (Wildman–Crippen MR) is 39.1 cm³/mol. The zero-order valence-corrected chi connectivity index (χ0v) is 7.06. The summed E-state index contributed by atoms with van der Waals surface area (Å²) >= 11 is 0. The predicted octanol–water partition coefficient (Wildman–Crippen LogP) is 0.348. The molecule has 0 aliphatic carbocycles. The molecule has 0 unspecified atom stereocenters. The molecular formula is C5H12N2O2S. The Morgan fingerprint density at radius 3 is 2.50 bits per heavy atom. The fourth-order valence-corrected chi connectivity index (χ4v) is 0.890. The summed E-state index contributed by atoms with van der Waals surface area (Å²) in [4.78, 5) is 1.84. The molecule has 0 heterocycles. The molecule has 0 aliphatic rings. The normalized spacial score (nSPS) is 9.90. The molecule has 0 aliphatic heterocycles. The van der Waals surface area contributed by atoms with Gasteiger partial charge in [-0.15, -0.1) is 0 Å². The van der Waals surface area contributed by atoms with E-state index in [1.807, 2.05) is 18.9 Å². The lowest BCUT2D eigenvalue weighted by molar-refractivity contribution is 0.347. The maximum atomic E-state index is 9.91. The van der Waals surface area contributed by atoms with Crippen LogP contribution in [0.3, 0.4) is 0 Å². The van der Waals surface area contributed by atoms with Gasteiger partial charge in [0.1, 0.15) is 6.67 Å². The third-order valence-electron chi connectivity index (χ3n) is 1.01. The fraction of sp³-hybridized carbons (Fsp3) is 1.00. The Balaban J connectivity index is 3.59. The van der Waals surface area contributed by atoms with E-state index in [1.54, 1.807) is 0 Å². The molecule has 0 amide bonds. The molecule has 0 aromatic carbocycles. The number of rotatable bonds is 4. The van der Waals surface area contributed by atoms with E-state index in [9.17, 15) is 8.42 Å². The molecule has 0 aromatic heterocycles. The van der Waals surface area contributed by atoms with Crippen molar-refractivity contribution < 1.29 is 8.42 Å². The van der Waals surface area contributed by atoms with Crippen molar-refractivity contribution in [3.05, 3.63) is 0 Å². The van der Waals surface area contributed by atoms with Gasteiger partial charge in [-0.1, -0.05) is 6.92 Å². The monoisotopic (exact) mass is 164 g/mol. The summed E-state index contributed by atoms with van der Waals surface area (Å²) in [6.07, 6.45) is 1.01. The van der Waals surface area contributed by atoms with E-state index in [0.717, 1.165) is 13.0 Å². The lowest BCUT2D eigenvalue weighted by Crippen LogP contribution is -2.18. The van der Waals surface area contributed by atoms with Crippen LogP contribution in [-0.2, 0) is 10.5 Å². The highest BCUT2D eigenvalue weighted by molar-refractivity contribution is 7.61. The van der Waals surface area contributed by atoms with Crippen LogP contribution in [0.25, 0.3) is 0 Å². The second-order valence-corrected chi connectivity index (χ2v) is 2.76. The second-order valence-electron chi connectivity index (χ2n) is 2.07. The largest absolute Gasteiger partial charge is 0.312 e. The first-order valence-corrected chi connectivity index (χ1v) is 4.15. The van der Waals surface area contributed by atoms with Crippen molar-refractivity contribution in [3.63, 3.8) is 0 Å². The number of hydrogen-bond acceptors (Lipinski definition) is 4. The van der Waals surface area contributed by atoms with Crippen molar-refractivity contribution in [2.24, 2.45) is 4.36 Å². The minimum Gasteiger partial charge on any atom is -0.287 e. The van der Waals surface area contributed by atoms with E-state index in [2.05, 4.69) is 4.36 Å². The zero-order chi connectivity index (χ0) is 7.98. The highest BCUT2D eigenvalue weighted by Gasteiger charge is 1.91. The first kappa shape index (κ1) is 9.58. The lowest BCUT2D eigenvalue weighted by Gasteiger charge is -2.09. The van der Waals surface area contributed by atoms with Crippen molar-refractivity contribution in [2.75, 3.05) is 20.3 Å². The highest BCUT2D eigenvalue weighted by Crippen LogP contribution is 1.84. The molecule has 0 radical (unpaired) electrons. The Hall–Kier alpha value is -0.420. The third-order valence-corrected chi connectivity index (χ3v) is 1.34. The zero-order valence-electron chi connectivity index (χ0n) is 6.24. The van der Waals surface area contributed by atoms with Crippen LogP contribution >= 0.6 is 0 Å². The van der Waals surface area contributed by atoms with Crippen LogP contribution in [0.15, 0.2) is 4.36 Å². The van der Waals surface area contributed by atoms with E-state index >= 15 is 0 Å². The van der Waals surface area contributed by atoms with Gasteiger partial charge in [0.05, 0.1) is 0 Å². The molecule has 0 spiro atoms. The van der Waals surface area contributed by atoms with Gasteiger partial charge in [0.25, 0.3) is 0 Å². The first-order valence-electron chi connectivity index (χ1n) is 3.12. The average Bonchev–Trinajstić information content (AvgIpc) is 1.85. The molecule has 0 aromatic rings. The van der Waals surface area contributed by atoms with Gasteiger partial charge in [0.15, 0.2) is 0 Å². The van der Waals surface area contributed by atoms with E-state index in [4.69, 9.17) is 0 Å². The molecule has 10 heavy (non-hydrogen) atoms. The summed E-state index contributed by atoms with van der Waals surface area (Å²) < 4.78 is 23.1. The molecule has 0 saturated heterocycles. The van der Waals surface area contributed by atoms with Crippen molar-refractivity contribution in [3.8, 4) is 0 Å². The molecule has 60 valence electrons. The summed E-state index contributed by atoms with van der Waals surface area (Å²) in [5.74, 6) is 0. The molecule has 0 saturated carbocycles. The lowest BCUT2D eigenvalue weighted by atomic mass is 10.5. The standard InChI is InChI=1S/C5H12N2O2S/c1-3-4-7(2)5-6-10(8)9/h3-5H2,1-2H3. The van der Waals surface area contributed by atoms with Crippen LogP contribution < -0.4 is 0 Å². The fourth-order valence-electron chi connectivity index (χ4n) is 0.598. The highest BCUT2D eigenvalue weighted by atomic mass is 32.2. The Labute approximate surface area is 62.6 Å². The van der Waals surface area contributed by atoms with E-state index in [1.165, 1.54) is 0 Å². The molecule has 0 N–H and O–H groups in total. The van der Waals surface area contributed by atoms with Crippen LogP contribution in [0.2, 0.25) is 0 Å². The molecule has 0 rings (SSSR count). The quantitative estimate of drug-likeness (QED) is 0.602. The molecule has 0 atom stereocenters. The van der Waals surface area contributed by atoms with E-state index < -0.39 is 10.5 Å². The summed E-state index contributed by atoms with van der Waals surface area (Å²) in [5, 5.41) is 0. The van der Waals surface area contributed by atoms with Crippen molar-refractivity contribution in [1.82, 2.24) is 4.90 Å². The Morgan fingerprint density at radius 1 is 1.50 bits per heavy atom. The number of nitrogens with zero attached hydrogens (tertiary/aromatic N) is 2. The minimum atomic E-state index is -2.26. The number of hydrogen-bond donors (Lipinski definition) is 0. The molecule has 4 nitrogen and oxygen atoms in total. The maximum absolute atomic E-state index is 9.91. The van der Waals surface area contributed by atoms with Crippen LogP contribution in [0.4, 0.5) is 0 Å². The molecule has 0 bridgehead atoms. The van der Waals surface area contributed by atoms with Crippen molar-refractivity contribution in [2.45, 2.75) is 13.3 Å². The summed E-state index contributed by atoms with van der Waals surface area (Å²) in [7, 11) is -0.423. The first-order chi connectivity index (χ1) is 4.66. The van der Waals surface area contributed by atoms with Crippen molar-refractivity contribution in [1.29, 1.82) is 0 Å². The average molecular weight is 164 g/mol. The van der Waals surface area contributed by atoms with Gasteiger partial charge in [-0.3, -0.25) is 4.90 Å². The molecule has 5 heteroatoms. The van der Waals surface area contributed by atoms with Gasteiger partial charge in [-0.2, -0.15) is 12.8 Å². The maximum Gasteiger partial charge on any atom is 0.312 e. The van der Waals surface area contributed by atoms with Crippen LogP contribution in [-0.4, -0.2) is 33.6 Å². The Morgan fingerprint density at radius 2 is 2.10 bits per heavy atom. The van der Waals surface area contributed by atoms with Crippen molar-refractivity contribution >= 4 is 10.5 Å². The van der Waals surface area contributed by atoms with Crippen LogP contribution in [0.5, 0.6) is 0 Å². The van der Waals surface area contributed by atoms with Gasteiger partial charge < -0.3 is 0 Å². The summed E-state index contributed by atoms with van der Waals surface area (Å²) in [6, 6.07) is 0. The minimum absolute atomic E-state index is 0.268. The van der Waals surface area contributed by atoms with E-state index in [-0.39, 0.29) is 6.67 Å². The molecule has 0 fully saturated rings. The van der Waals surface area contributed by atoms with Crippen LogP contribution in [0, 0.1) is 0 Å². The smallest absolute Gasteiger partial charge is 0.287 e. The topological polar surface area (TPSA) is 49.7 Å². The van der Waals surface area contributed by atoms with Gasteiger partial charge in [-0.25, -0.2) is 0 Å². The van der Waals surface area contributed by atoms with Gasteiger partial charge in [-0.05, 0) is 20.0 Å². The second kappa shape index (κ2) is 5.37. The van der Waals surface area contributed by atoms with Crippen LogP contribution in [0.1, 0.15) is 13.3 Å². The Kier molecular flexibility index (Phi) is 5.15. The van der Waals surface area contributed by atoms with Gasteiger partial charge >= 0.3 is 10.5 Å². The summed E-state index contributed by atoms with van der Waals surface area (Å²) in [6.45, 7) is 3.18. The van der Waals surface area contributed by atoms with Gasteiger partial charge in [0.2, 0.25) is 0 Å². The van der Waals surface area contributed by atoms with Gasteiger partial charge in [0, 0.05) is 0 Å². The molecular weight excluding hydrogens is 152 g/mol. The summed E-state index contributed by atoms with van der Waals surface area (Å²) in [5.41, 5.74) is 0. The van der Waals surface area contributed by atoms with E-state index in [0.29, 0.717) is 0 Å². The SMILES string of the molecule is CCCN(C)CN=S(=O)=O.